The van der Waals surface area contributed by atoms with Crippen LogP contribution in [0.2, 0.25) is 0 Å². The molecular weight excluding hydrogens is 493 g/mol. The Bertz CT molecular complexity index is 1260. The maximum atomic E-state index is 13.5. The monoisotopic (exact) mass is 528 g/mol. The van der Waals surface area contributed by atoms with Gasteiger partial charge in [0.2, 0.25) is 0 Å². The molecule has 1 aromatic carbocycles. The Morgan fingerprint density at radius 3 is 2.13 bits per heavy atom. The Balaban J connectivity index is 1.27. The molecule has 0 saturated carbocycles. The van der Waals surface area contributed by atoms with E-state index in [1.807, 2.05) is 62.9 Å². The number of alkyl halides is 3. The Morgan fingerprint density at radius 1 is 0.868 bits per heavy atom. The molecule has 0 unspecified atom stereocenters. The second-order valence-electron chi connectivity index (χ2n) is 10.9. The van der Waals surface area contributed by atoms with Gasteiger partial charge in [-0.2, -0.15) is 18.2 Å². The van der Waals surface area contributed by atoms with E-state index < -0.39 is 17.3 Å². The zero-order valence-electron chi connectivity index (χ0n) is 22.4. The SMILES string of the molecule is Cc1ccc(-c2ccn(CCCCN3CCN(c4cc(C(F)(F)F)nc(C(C)(C)C)n4)CC3)c(=O)n2)cc1. The quantitative estimate of drug-likeness (QED) is 0.406. The average molecular weight is 529 g/mol. The lowest BCUT2D eigenvalue weighted by molar-refractivity contribution is -0.141. The molecule has 0 N–H and O–H groups in total. The molecule has 4 rings (SSSR count). The second-order valence-corrected chi connectivity index (χ2v) is 10.9. The van der Waals surface area contributed by atoms with Crippen LogP contribution in [0, 0.1) is 6.92 Å². The van der Waals surface area contributed by atoms with Crippen molar-refractivity contribution in [2.75, 3.05) is 37.6 Å². The van der Waals surface area contributed by atoms with Gasteiger partial charge in [-0.15, -0.1) is 0 Å². The number of piperazine rings is 1. The third-order valence-corrected chi connectivity index (χ3v) is 6.72. The van der Waals surface area contributed by atoms with Crippen LogP contribution in [0.25, 0.3) is 11.3 Å². The van der Waals surface area contributed by atoms with Crippen LogP contribution < -0.4 is 10.6 Å². The molecule has 0 atom stereocenters. The van der Waals surface area contributed by atoms with Crippen LogP contribution in [0.3, 0.4) is 0 Å². The van der Waals surface area contributed by atoms with Crippen LogP contribution in [0.4, 0.5) is 19.0 Å². The van der Waals surface area contributed by atoms with Crippen molar-refractivity contribution in [2.24, 2.45) is 0 Å². The van der Waals surface area contributed by atoms with Crippen molar-refractivity contribution in [3.8, 4) is 11.3 Å². The van der Waals surface area contributed by atoms with E-state index in [2.05, 4.69) is 19.9 Å². The van der Waals surface area contributed by atoms with Gasteiger partial charge in [-0.25, -0.2) is 14.8 Å². The number of halogens is 3. The Kier molecular flexibility index (Phi) is 8.20. The van der Waals surface area contributed by atoms with Crippen LogP contribution >= 0.6 is 0 Å². The number of anilines is 1. The Morgan fingerprint density at radius 2 is 1.53 bits per heavy atom. The molecule has 1 saturated heterocycles. The number of aromatic nitrogens is 4. The molecule has 2 aromatic heterocycles. The highest BCUT2D eigenvalue weighted by atomic mass is 19.4. The van der Waals surface area contributed by atoms with Crippen LogP contribution in [0.1, 0.15) is 50.7 Å². The standard InChI is InChI=1S/C28H35F3N6O/c1-20-7-9-21(10-8-20)22-11-14-37(26(38)32-22)13-6-5-12-35-15-17-36(18-16-35)24-19-23(28(29,30)31)33-25(34-24)27(2,3)4/h7-11,14,19H,5-6,12-13,15-18H2,1-4H3. The smallest absolute Gasteiger partial charge is 0.354 e. The number of hydrogen-bond acceptors (Lipinski definition) is 6. The lowest BCUT2D eigenvalue weighted by Crippen LogP contribution is -2.47. The van der Waals surface area contributed by atoms with E-state index in [4.69, 9.17) is 0 Å². The van der Waals surface area contributed by atoms with E-state index in [0.717, 1.165) is 49.7 Å². The fraction of sp³-hybridized carbons (Fsp3) is 0.500. The highest BCUT2D eigenvalue weighted by molar-refractivity contribution is 5.58. The zero-order chi connectivity index (χ0) is 27.5. The van der Waals surface area contributed by atoms with Crippen LogP contribution in [-0.2, 0) is 18.1 Å². The maximum Gasteiger partial charge on any atom is 0.433 e. The number of hydrogen-bond donors (Lipinski definition) is 0. The molecule has 0 spiro atoms. The lowest BCUT2D eigenvalue weighted by Gasteiger charge is -2.36. The van der Waals surface area contributed by atoms with Crippen LogP contribution in [0.5, 0.6) is 0 Å². The summed E-state index contributed by atoms with van der Waals surface area (Å²) < 4.78 is 42.0. The van der Waals surface area contributed by atoms with Gasteiger partial charge in [0, 0.05) is 56.0 Å². The summed E-state index contributed by atoms with van der Waals surface area (Å²) in [5.74, 6) is 0.527. The second kappa shape index (κ2) is 11.2. The molecule has 1 aliphatic heterocycles. The molecule has 0 aliphatic carbocycles. The van der Waals surface area contributed by atoms with Crippen molar-refractivity contribution in [3.05, 3.63) is 70.2 Å². The third kappa shape index (κ3) is 6.98. The van der Waals surface area contributed by atoms with Gasteiger partial charge in [0.15, 0.2) is 0 Å². The molecule has 0 amide bonds. The minimum atomic E-state index is -4.52. The van der Waals surface area contributed by atoms with E-state index >= 15 is 0 Å². The average Bonchev–Trinajstić information content (AvgIpc) is 2.87. The third-order valence-electron chi connectivity index (χ3n) is 6.72. The van der Waals surface area contributed by atoms with Gasteiger partial charge in [0.1, 0.15) is 17.3 Å². The molecule has 3 aromatic rings. The van der Waals surface area contributed by atoms with E-state index in [-0.39, 0.29) is 11.5 Å². The molecule has 204 valence electrons. The van der Waals surface area contributed by atoms with Crippen molar-refractivity contribution in [1.29, 1.82) is 0 Å². The van der Waals surface area contributed by atoms with E-state index in [9.17, 15) is 18.0 Å². The summed E-state index contributed by atoms with van der Waals surface area (Å²) in [6.07, 6.45) is -0.975. The minimum absolute atomic E-state index is 0.196. The normalized spacial score (nSPS) is 15.2. The van der Waals surface area contributed by atoms with Crippen LogP contribution in [-0.4, -0.2) is 57.1 Å². The van der Waals surface area contributed by atoms with E-state index in [1.54, 1.807) is 10.8 Å². The Labute approximate surface area is 221 Å². The topological polar surface area (TPSA) is 67.2 Å². The minimum Gasteiger partial charge on any atom is -0.354 e. The van der Waals surface area contributed by atoms with E-state index in [0.29, 0.717) is 31.1 Å². The number of benzene rings is 1. The molecule has 38 heavy (non-hydrogen) atoms. The molecule has 10 heteroatoms. The molecule has 1 fully saturated rings. The number of unbranched alkanes of at least 4 members (excludes halogenated alkanes) is 1. The molecule has 0 radical (unpaired) electrons. The largest absolute Gasteiger partial charge is 0.433 e. The van der Waals surface area contributed by atoms with Crippen LogP contribution in [0.15, 0.2) is 47.4 Å². The van der Waals surface area contributed by atoms with Crippen molar-refractivity contribution >= 4 is 5.82 Å². The summed E-state index contributed by atoms with van der Waals surface area (Å²) in [4.78, 5) is 29.2. The first-order valence-electron chi connectivity index (χ1n) is 13.0. The number of nitrogens with zero attached hydrogens (tertiary/aromatic N) is 6. The van der Waals surface area contributed by atoms with Gasteiger partial charge in [0.25, 0.3) is 0 Å². The van der Waals surface area contributed by atoms with Gasteiger partial charge in [-0.1, -0.05) is 50.6 Å². The molecular formula is C28H35F3N6O. The van der Waals surface area contributed by atoms with Crippen molar-refractivity contribution in [2.45, 2.75) is 58.7 Å². The van der Waals surface area contributed by atoms with Crippen molar-refractivity contribution in [3.63, 3.8) is 0 Å². The maximum absolute atomic E-state index is 13.5. The fourth-order valence-corrected chi connectivity index (χ4v) is 4.38. The summed E-state index contributed by atoms with van der Waals surface area (Å²) in [5.41, 5.74) is 1.01. The summed E-state index contributed by atoms with van der Waals surface area (Å²) in [7, 11) is 0. The van der Waals surface area contributed by atoms with Gasteiger partial charge >= 0.3 is 11.9 Å². The number of aryl methyl sites for hydroxylation is 2. The summed E-state index contributed by atoms with van der Waals surface area (Å²) in [6, 6.07) is 10.8. The summed E-state index contributed by atoms with van der Waals surface area (Å²) in [6.45, 7) is 11.6. The van der Waals surface area contributed by atoms with Gasteiger partial charge < -0.3 is 4.90 Å². The number of rotatable bonds is 7. The highest BCUT2D eigenvalue weighted by Gasteiger charge is 2.36. The van der Waals surface area contributed by atoms with Crippen molar-refractivity contribution < 1.29 is 13.2 Å². The Hall–Kier alpha value is -3.27. The first kappa shape index (κ1) is 27.8. The van der Waals surface area contributed by atoms with E-state index in [1.165, 1.54) is 0 Å². The zero-order valence-corrected chi connectivity index (χ0v) is 22.4. The molecule has 1 aliphatic rings. The highest BCUT2D eigenvalue weighted by Crippen LogP contribution is 2.32. The summed E-state index contributed by atoms with van der Waals surface area (Å²) >= 11 is 0. The van der Waals surface area contributed by atoms with Crippen molar-refractivity contribution in [1.82, 2.24) is 24.4 Å². The van der Waals surface area contributed by atoms with Gasteiger partial charge in [-0.05, 0) is 32.4 Å². The van der Waals surface area contributed by atoms with Gasteiger partial charge in [0.05, 0.1) is 5.69 Å². The lowest BCUT2D eigenvalue weighted by atomic mass is 9.95. The predicted octanol–water partition coefficient (Wildman–Crippen LogP) is 4.93. The first-order chi connectivity index (χ1) is 17.9. The molecule has 0 bridgehead atoms. The molecule has 7 nitrogen and oxygen atoms in total. The summed E-state index contributed by atoms with van der Waals surface area (Å²) in [5, 5.41) is 0. The fourth-order valence-electron chi connectivity index (χ4n) is 4.38. The predicted molar refractivity (Wildman–Crippen MR) is 142 cm³/mol. The van der Waals surface area contributed by atoms with Gasteiger partial charge in [-0.3, -0.25) is 9.47 Å². The first-order valence-corrected chi connectivity index (χ1v) is 13.0. The molecule has 3 heterocycles.